The van der Waals surface area contributed by atoms with Crippen molar-refractivity contribution in [1.82, 2.24) is 10.2 Å². The van der Waals surface area contributed by atoms with Crippen molar-refractivity contribution < 1.29 is 14.0 Å². The Bertz CT molecular complexity index is 1180. The number of rotatable bonds is 6. The van der Waals surface area contributed by atoms with Crippen molar-refractivity contribution in [1.29, 1.82) is 0 Å². The SMILES string of the molecule is O=C(/C=C/c1cccs1)Nc1ccccc1C(=O)Nc1nnc(-c2ccccc2)o1. The highest BCUT2D eigenvalue weighted by atomic mass is 32.1. The van der Waals surface area contributed by atoms with Gasteiger partial charge in [0.25, 0.3) is 5.91 Å². The smallest absolute Gasteiger partial charge is 0.322 e. The predicted octanol–water partition coefficient (Wildman–Crippen LogP) is 4.70. The van der Waals surface area contributed by atoms with Crippen LogP contribution in [-0.4, -0.2) is 22.0 Å². The maximum Gasteiger partial charge on any atom is 0.322 e. The van der Waals surface area contributed by atoms with Gasteiger partial charge in [-0.05, 0) is 41.8 Å². The first kappa shape index (κ1) is 19.3. The predicted molar refractivity (Wildman–Crippen MR) is 116 cm³/mol. The van der Waals surface area contributed by atoms with Crippen LogP contribution >= 0.6 is 11.3 Å². The molecule has 8 heteroatoms. The van der Waals surface area contributed by atoms with Crippen LogP contribution in [0.1, 0.15) is 15.2 Å². The van der Waals surface area contributed by atoms with Gasteiger partial charge in [0.05, 0.1) is 11.3 Å². The molecule has 2 aromatic carbocycles. The minimum Gasteiger partial charge on any atom is -0.403 e. The van der Waals surface area contributed by atoms with Crippen LogP contribution in [-0.2, 0) is 4.79 Å². The molecule has 0 bridgehead atoms. The number of amides is 2. The first-order chi connectivity index (χ1) is 14.7. The molecule has 2 aromatic heterocycles. The molecule has 7 nitrogen and oxygen atoms in total. The molecule has 0 saturated carbocycles. The topological polar surface area (TPSA) is 97.1 Å². The molecule has 2 heterocycles. The molecule has 2 amide bonds. The van der Waals surface area contributed by atoms with Gasteiger partial charge in [-0.15, -0.1) is 16.4 Å². The van der Waals surface area contributed by atoms with Crippen LogP contribution in [0.5, 0.6) is 0 Å². The third kappa shape index (κ3) is 4.68. The quantitative estimate of drug-likeness (QED) is 0.444. The van der Waals surface area contributed by atoms with Crippen LogP contribution in [0, 0.1) is 0 Å². The lowest BCUT2D eigenvalue weighted by Gasteiger charge is -2.08. The number of hydrogen-bond donors (Lipinski definition) is 2. The number of nitrogens with zero attached hydrogens (tertiary/aromatic N) is 2. The third-order valence-electron chi connectivity index (χ3n) is 4.04. The Hall–Kier alpha value is -4.04. The van der Waals surface area contributed by atoms with Crippen molar-refractivity contribution in [2.75, 3.05) is 10.6 Å². The standard InChI is InChI=1S/C22H16N4O3S/c27-19(13-12-16-9-6-14-30-16)23-18-11-5-4-10-17(18)20(28)24-22-26-25-21(29-22)15-7-2-1-3-8-15/h1-14H,(H,23,27)(H,24,26,28)/b13-12+. The zero-order valence-corrected chi connectivity index (χ0v) is 16.4. The molecule has 0 aliphatic heterocycles. The zero-order chi connectivity index (χ0) is 20.8. The summed E-state index contributed by atoms with van der Waals surface area (Å²) in [6.07, 6.45) is 3.14. The fraction of sp³-hybridized carbons (Fsp3) is 0. The molecule has 0 radical (unpaired) electrons. The second kappa shape index (κ2) is 8.97. The van der Waals surface area contributed by atoms with E-state index < -0.39 is 5.91 Å². The Morgan fingerprint density at radius 3 is 2.50 bits per heavy atom. The Labute approximate surface area is 176 Å². The average molecular weight is 416 g/mol. The molecule has 4 rings (SSSR count). The monoisotopic (exact) mass is 416 g/mol. The van der Waals surface area contributed by atoms with Gasteiger partial charge in [-0.3, -0.25) is 14.9 Å². The van der Waals surface area contributed by atoms with Crippen LogP contribution in [0.15, 0.2) is 82.6 Å². The summed E-state index contributed by atoms with van der Waals surface area (Å²) in [6, 6.07) is 19.7. The normalized spacial score (nSPS) is 10.8. The maximum atomic E-state index is 12.7. The molecule has 148 valence electrons. The van der Waals surface area contributed by atoms with Crippen molar-refractivity contribution in [2.24, 2.45) is 0 Å². The lowest BCUT2D eigenvalue weighted by molar-refractivity contribution is -0.111. The molecular formula is C22H16N4O3S. The number of carbonyl (C=O) groups excluding carboxylic acids is 2. The van der Waals surface area contributed by atoms with Gasteiger partial charge in [-0.2, -0.15) is 0 Å². The van der Waals surface area contributed by atoms with Crippen LogP contribution < -0.4 is 10.6 Å². The summed E-state index contributed by atoms with van der Waals surface area (Å²) in [5, 5.41) is 15.0. The van der Waals surface area contributed by atoms with E-state index in [-0.39, 0.29) is 17.5 Å². The molecule has 0 aliphatic carbocycles. The zero-order valence-electron chi connectivity index (χ0n) is 15.6. The number of thiophene rings is 1. The first-order valence-electron chi connectivity index (χ1n) is 9.01. The van der Waals surface area contributed by atoms with Crippen molar-refractivity contribution in [3.63, 3.8) is 0 Å². The first-order valence-corrected chi connectivity index (χ1v) is 9.89. The number of benzene rings is 2. The van der Waals surface area contributed by atoms with Gasteiger partial charge >= 0.3 is 6.01 Å². The fourth-order valence-corrected chi connectivity index (χ4v) is 3.26. The highest BCUT2D eigenvalue weighted by Crippen LogP contribution is 2.21. The number of hydrogen-bond acceptors (Lipinski definition) is 6. The van der Waals surface area contributed by atoms with E-state index >= 15 is 0 Å². The molecule has 0 unspecified atom stereocenters. The van der Waals surface area contributed by atoms with Gasteiger partial charge in [0.15, 0.2) is 0 Å². The van der Waals surface area contributed by atoms with Crippen molar-refractivity contribution in [2.45, 2.75) is 0 Å². The van der Waals surface area contributed by atoms with Crippen LogP contribution in [0.25, 0.3) is 17.5 Å². The highest BCUT2D eigenvalue weighted by Gasteiger charge is 2.16. The minimum atomic E-state index is -0.476. The Balaban J connectivity index is 1.46. The molecular weight excluding hydrogens is 400 g/mol. The second-order valence-electron chi connectivity index (χ2n) is 6.12. The minimum absolute atomic E-state index is 0.0300. The van der Waals surface area contributed by atoms with E-state index in [2.05, 4.69) is 20.8 Å². The van der Waals surface area contributed by atoms with Gasteiger partial charge in [0.1, 0.15) is 0 Å². The van der Waals surface area contributed by atoms with Gasteiger partial charge in [-0.1, -0.05) is 41.5 Å². The van der Waals surface area contributed by atoms with E-state index in [4.69, 9.17) is 4.42 Å². The fourth-order valence-electron chi connectivity index (χ4n) is 2.64. The Morgan fingerprint density at radius 1 is 0.900 bits per heavy atom. The molecule has 0 atom stereocenters. The Kier molecular flexibility index (Phi) is 5.77. The van der Waals surface area contributed by atoms with Crippen molar-refractivity contribution >= 4 is 40.9 Å². The molecule has 2 N–H and O–H groups in total. The Morgan fingerprint density at radius 2 is 1.70 bits per heavy atom. The highest BCUT2D eigenvalue weighted by molar-refractivity contribution is 7.10. The number of carbonyl (C=O) groups is 2. The van der Waals surface area contributed by atoms with Gasteiger partial charge in [-0.25, -0.2) is 0 Å². The molecule has 0 fully saturated rings. The van der Waals surface area contributed by atoms with Crippen LogP contribution in [0.2, 0.25) is 0 Å². The summed E-state index contributed by atoms with van der Waals surface area (Å²) in [7, 11) is 0. The molecule has 4 aromatic rings. The van der Waals surface area contributed by atoms with Crippen LogP contribution in [0.4, 0.5) is 11.7 Å². The summed E-state index contributed by atoms with van der Waals surface area (Å²) < 4.78 is 5.51. The van der Waals surface area contributed by atoms with Gasteiger partial charge in [0, 0.05) is 16.5 Å². The largest absolute Gasteiger partial charge is 0.403 e. The van der Waals surface area contributed by atoms with Gasteiger partial charge in [0.2, 0.25) is 11.8 Å². The van der Waals surface area contributed by atoms with Crippen molar-refractivity contribution in [3.8, 4) is 11.5 Å². The molecule has 0 aliphatic rings. The van der Waals surface area contributed by atoms with E-state index in [9.17, 15) is 9.59 Å². The summed E-state index contributed by atoms with van der Waals surface area (Å²) in [6.45, 7) is 0. The number of aromatic nitrogens is 2. The lowest BCUT2D eigenvalue weighted by Crippen LogP contribution is -2.17. The number of nitrogens with one attached hydrogen (secondary N) is 2. The summed E-state index contributed by atoms with van der Waals surface area (Å²) >= 11 is 1.53. The number of anilines is 2. The van der Waals surface area contributed by atoms with E-state index in [0.29, 0.717) is 11.6 Å². The van der Waals surface area contributed by atoms with E-state index in [1.807, 2.05) is 47.8 Å². The van der Waals surface area contributed by atoms with E-state index in [1.165, 1.54) is 17.4 Å². The summed E-state index contributed by atoms with van der Waals surface area (Å²) in [5.74, 6) is -0.518. The van der Waals surface area contributed by atoms with E-state index in [0.717, 1.165) is 10.4 Å². The average Bonchev–Trinajstić information content (AvgIpc) is 3.45. The molecule has 30 heavy (non-hydrogen) atoms. The summed E-state index contributed by atoms with van der Waals surface area (Å²) in [4.78, 5) is 25.9. The van der Waals surface area contributed by atoms with E-state index in [1.54, 1.807) is 30.3 Å². The molecule has 0 saturated heterocycles. The van der Waals surface area contributed by atoms with Crippen molar-refractivity contribution in [3.05, 3.63) is 88.6 Å². The third-order valence-corrected chi connectivity index (χ3v) is 4.88. The molecule has 0 spiro atoms. The lowest BCUT2D eigenvalue weighted by atomic mass is 10.1. The van der Waals surface area contributed by atoms with Crippen LogP contribution in [0.3, 0.4) is 0 Å². The second-order valence-corrected chi connectivity index (χ2v) is 7.10. The summed E-state index contributed by atoms with van der Waals surface area (Å²) in [5.41, 5.74) is 1.39. The maximum absolute atomic E-state index is 12.7. The van der Waals surface area contributed by atoms with Gasteiger partial charge < -0.3 is 9.73 Å². The number of para-hydroxylation sites is 1.